The van der Waals surface area contributed by atoms with E-state index in [-0.39, 0.29) is 0 Å². The average Bonchev–Trinajstić information content (AvgIpc) is 2.82. The quantitative estimate of drug-likeness (QED) is 0.649. The molecule has 0 N–H and O–H groups in total. The van der Waals surface area contributed by atoms with E-state index in [1.807, 2.05) is 0 Å². The Bertz CT molecular complexity index is 241. The zero-order chi connectivity index (χ0) is 10.4. The number of rotatable bonds is 2. The summed E-state index contributed by atoms with van der Waals surface area (Å²) in [6.45, 7) is 6.64. The van der Waals surface area contributed by atoms with Crippen LogP contribution in [0.5, 0.6) is 0 Å². The van der Waals surface area contributed by atoms with E-state index in [2.05, 4.69) is 28.8 Å². The smallest absolute Gasteiger partial charge is 0.0239 e. The number of fused-ring (bicyclic) bond motifs is 2. The molecule has 3 unspecified atom stereocenters. The Morgan fingerprint density at radius 1 is 1.07 bits per heavy atom. The largest absolute Gasteiger partial charge is 0.306 e. The lowest BCUT2D eigenvalue weighted by molar-refractivity contribution is 0.132. The summed E-state index contributed by atoms with van der Waals surface area (Å²) in [5, 5.41) is 0. The molecule has 86 valence electrons. The third kappa shape index (κ3) is 1.81. The molecule has 3 nitrogen and oxygen atoms in total. The molecule has 3 rings (SSSR count). The summed E-state index contributed by atoms with van der Waals surface area (Å²) in [6, 6.07) is 1.75. The molecular formula is C12H23N3. The number of likely N-dealkylation sites (N-methyl/N-ethyl adjacent to an activating group) is 1. The van der Waals surface area contributed by atoms with Crippen molar-refractivity contribution in [3.8, 4) is 0 Å². The van der Waals surface area contributed by atoms with Crippen molar-refractivity contribution in [3.63, 3.8) is 0 Å². The first-order valence-corrected chi connectivity index (χ1v) is 6.35. The number of nitrogens with zero attached hydrogens (tertiary/aromatic N) is 3. The van der Waals surface area contributed by atoms with E-state index in [0.29, 0.717) is 0 Å². The van der Waals surface area contributed by atoms with Gasteiger partial charge in [0.05, 0.1) is 0 Å². The minimum atomic E-state index is 0.870. The van der Waals surface area contributed by atoms with Gasteiger partial charge in [0.2, 0.25) is 0 Å². The second-order valence-corrected chi connectivity index (χ2v) is 5.85. The molecule has 0 aromatic rings. The number of piperazine rings is 1. The van der Waals surface area contributed by atoms with Crippen molar-refractivity contribution in [1.29, 1.82) is 0 Å². The van der Waals surface area contributed by atoms with Gasteiger partial charge in [-0.15, -0.1) is 0 Å². The van der Waals surface area contributed by atoms with E-state index in [1.54, 1.807) is 0 Å². The van der Waals surface area contributed by atoms with Gasteiger partial charge in [0.25, 0.3) is 0 Å². The number of hydrogen-bond acceptors (Lipinski definition) is 3. The van der Waals surface area contributed by atoms with Crippen molar-refractivity contribution in [3.05, 3.63) is 0 Å². The molecule has 2 bridgehead atoms. The van der Waals surface area contributed by atoms with Gasteiger partial charge in [-0.25, -0.2) is 0 Å². The fourth-order valence-corrected chi connectivity index (χ4v) is 3.68. The molecule has 0 aromatic heterocycles. The molecular weight excluding hydrogens is 186 g/mol. The fraction of sp³-hybridized carbons (Fsp3) is 1.00. The van der Waals surface area contributed by atoms with Gasteiger partial charge in [-0.1, -0.05) is 0 Å². The molecule has 0 aliphatic carbocycles. The first-order chi connectivity index (χ1) is 7.22. The predicted molar refractivity (Wildman–Crippen MR) is 62.0 cm³/mol. The third-order valence-corrected chi connectivity index (χ3v) is 4.61. The monoisotopic (exact) mass is 209 g/mol. The SMILES string of the molecule is CN1CCC(CN2CC3CC2CN3C)C1. The minimum absolute atomic E-state index is 0.870. The zero-order valence-electron chi connectivity index (χ0n) is 10.0. The van der Waals surface area contributed by atoms with Gasteiger partial charge in [-0.05, 0) is 39.4 Å². The Balaban J connectivity index is 1.53. The Morgan fingerprint density at radius 2 is 1.93 bits per heavy atom. The topological polar surface area (TPSA) is 9.72 Å². The maximum absolute atomic E-state index is 2.76. The van der Waals surface area contributed by atoms with Crippen LogP contribution in [0.4, 0.5) is 0 Å². The molecule has 3 aliphatic heterocycles. The number of hydrogen-bond donors (Lipinski definition) is 0. The summed E-state index contributed by atoms with van der Waals surface area (Å²) >= 11 is 0. The van der Waals surface area contributed by atoms with E-state index < -0.39 is 0 Å². The van der Waals surface area contributed by atoms with Gasteiger partial charge >= 0.3 is 0 Å². The van der Waals surface area contributed by atoms with Crippen LogP contribution in [0.15, 0.2) is 0 Å². The molecule has 15 heavy (non-hydrogen) atoms. The van der Waals surface area contributed by atoms with Gasteiger partial charge in [0, 0.05) is 38.3 Å². The molecule has 3 aliphatic rings. The van der Waals surface area contributed by atoms with Gasteiger partial charge in [0.15, 0.2) is 0 Å². The van der Waals surface area contributed by atoms with Crippen molar-refractivity contribution in [1.82, 2.24) is 14.7 Å². The normalized spacial score (nSPS) is 43.2. The lowest BCUT2D eigenvalue weighted by atomic mass is 10.1. The highest BCUT2D eigenvalue weighted by molar-refractivity contribution is 4.99. The van der Waals surface area contributed by atoms with Crippen molar-refractivity contribution in [2.24, 2.45) is 5.92 Å². The highest BCUT2D eigenvalue weighted by Crippen LogP contribution is 2.30. The lowest BCUT2D eigenvalue weighted by Gasteiger charge is -2.33. The lowest BCUT2D eigenvalue weighted by Crippen LogP contribution is -2.46. The van der Waals surface area contributed by atoms with Crippen LogP contribution < -0.4 is 0 Å². The van der Waals surface area contributed by atoms with Gasteiger partial charge in [-0.3, -0.25) is 4.90 Å². The van der Waals surface area contributed by atoms with E-state index in [9.17, 15) is 0 Å². The predicted octanol–water partition coefficient (Wildman–Crippen LogP) is 0.326. The molecule has 0 radical (unpaired) electrons. The van der Waals surface area contributed by atoms with Crippen LogP contribution in [0.25, 0.3) is 0 Å². The van der Waals surface area contributed by atoms with Crippen molar-refractivity contribution in [2.75, 3.05) is 46.8 Å². The van der Waals surface area contributed by atoms with Crippen LogP contribution in [0.1, 0.15) is 12.8 Å². The molecule has 0 amide bonds. The molecule has 3 saturated heterocycles. The van der Waals surface area contributed by atoms with Crippen molar-refractivity contribution < 1.29 is 0 Å². The third-order valence-electron chi connectivity index (χ3n) is 4.61. The Morgan fingerprint density at radius 3 is 2.47 bits per heavy atom. The Labute approximate surface area is 93.0 Å². The molecule has 3 fully saturated rings. The standard InChI is InChI=1S/C12H23N3/c1-13-4-3-10(6-13)7-15-9-11-5-12(15)8-14(11)2/h10-12H,3-9H2,1-2H3. The van der Waals surface area contributed by atoms with Crippen LogP contribution in [0, 0.1) is 5.92 Å². The molecule has 3 heteroatoms. The van der Waals surface area contributed by atoms with Gasteiger partial charge < -0.3 is 9.80 Å². The fourth-order valence-electron chi connectivity index (χ4n) is 3.68. The molecule has 0 spiro atoms. The van der Waals surface area contributed by atoms with Crippen LogP contribution in [-0.2, 0) is 0 Å². The summed E-state index contributed by atoms with van der Waals surface area (Å²) in [5.41, 5.74) is 0. The second-order valence-electron chi connectivity index (χ2n) is 5.85. The highest BCUT2D eigenvalue weighted by atomic mass is 15.3. The maximum atomic E-state index is 2.76. The van der Waals surface area contributed by atoms with E-state index in [1.165, 1.54) is 45.6 Å². The summed E-state index contributed by atoms with van der Waals surface area (Å²) in [4.78, 5) is 7.78. The highest BCUT2D eigenvalue weighted by Gasteiger charge is 2.42. The molecule has 0 aromatic carbocycles. The minimum Gasteiger partial charge on any atom is -0.306 e. The van der Waals surface area contributed by atoms with E-state index in [4.69, 9.17) is 0 Å². The summed E-state index contributed by atoms with van der Waals surface area (Å²) in [7, 11) is 4.54. The Kier molecular flexibility index (Phi) is 2.49. The van der Waals surface area contributed by atoms with Gasteiger partial charge in [0.1, 0.15) is 0 Å². The summed E-state index contributed by atoms with van der Waals surface area (Å²) in [6.07, 6.45) is 2.85. The molecule has 3 atom stereocenters. The van der Waals surface area contributed by atoms with E-state index in [0.717, 1.165) is 18.0 Å². The van der Waals surface area contributed by atoms with Gasteiger partial charge in [-0.2, -0.15) is 0 Å². The summed E-state index contributed by atoms with van der Waals surface area (Å²) in [5.74, 6) is 0.944. The molecule has 0 saturated carbocycles. The van der Waals surface area contributed by atoms with Crippen LogP contribution in [-0.4, -0.2) is 73.6 Å². The van der Waals surface area contributed by atoms with Crippen LogP contribution in [0.2, 0.25) is 0 Å². The Hall–Kier alpha value is -0.120. The zero-order valence-corrected chi connectivity index (χ0v) is 10.0. The number of likely N-dealkylation sites (tertiary alicyclic amines) is 3. The van der Waals surface area contributed by atoms with E-state index >= 15 is 0 Å². The van der Waals surface area contributed by atoms with Crippen molar-refractivity contribution in [2.45, 2.75) is 24.9 Å². The first kappa shape index (κ1) is 10.1. The van der Waals surface area contributed by atoms with Crippen LogP contribution >= 0.6 is 0 Å². The summed E-state index contributed by atoms with van der Waals surface area (Å²) < 4.78 is 0. The second kappa shape index (κ2) is 3.72. The molecule has 3 heterocycles. The van der Waals surface area contributed by atoms with Crippen molar-refractivity contribution >= 4 is 0 Å². The first-order valence-electron chi connectivity index (χ1n) is 6.35. The van der Waals surface area contributed by atoms with Crippen LogP contribution in [0.3, 0.4) is 0 Å². The maximum Gasteiger partial charge on any atom is 0.0239 e. The average molecular weight is 209 g/mol.